The van der Waals surface area contributed by atoms with Crippen LogP contribution >= 0.6 is 0 Å². The van der Waals surface area contributed by atoms with Crippen molar-refractivity contribution in [3.63, 3.8) is 0 Å². The van der Waals surface area contributed by atoms with Crippen LogP contribution in [0.25, 0.3) is 11.0 Å². The molecule has 0 unspecified atom stereocenters. The molecule has 3 N–H and O–H groups in total. The fraction of sp³-hybridized carbons (Fsp3) is 0.600. The number of nitrogens with zero attached hydrogens (tertiary/aromatic N) is 4. The average molecular weight is 437 g/mol. The van der Waals surface area contributed by atoms with Gasteiger partial charge in [-0.15, -0.1) is 0 Å². The summed E-state index contributed by atoms with van der Waals surface area (Å²) in [5.41, 5.74) is 5.04. The Bertz CT molecular complexity index is 1020. The summed E-state index contributed by atoms with van der Waals surface area (Å²) < 4.78 is 4.41. The van der Waals surface area contributed by atoms with Crippen LogP contribution in [0.15, 0.2) is 30.6 Å². The molecule has 32 heavy (non-hydrogen) atoms. The molecule has 1 aliphatic heterocycles. The van der Waals surface area contributed by atoms with Crippen LogP contribution in [0, 0.1) is 5.92 Å². The molecule has 5 rings (SSSR count). The fourth-order valence-electron chi connectivity index (χ4n) is 5.40. The number of nitrogens with one attached hydrogen (secondary N) is 2. The Morgan fingerprint density at radius 3 is 2.81 bits per heavy atom. The minimum Gasteiger partial charge on any atom is -0.396 e. The van der Waals surface area contributed by atoms with E-state index in [0.717, 1.165) is 57.6 Å². The second kappa shape index (κ2) is 9.63. The molecule has 2 aliphatic rings. The number of benzene rings is 1. The van der Waals surface area contributed by atoms with Crippen molar-refractivity contribution in [3.05, 3.63) is 42.0 Å². The summed E-state index contributed by atoms with van der Waals surface area (Å²) >= 11 is 0. The van der Waals surface area contributed by atoms with Gasteiger partial charge in [-0.05, 0) is 69.6 Å². The van der Waals surface area contributed by atoms with Gasteiger partial charge in [0, 0.05) is 68.4 Å². The SMILES string of the molecule is C[C@H]1CCc2c(ccc3c2nc(CCn2cccn2)n3CCNC2CCC(CO)CC2)N1. The molecule has 1 atom stereocenters. The third-order valence-electron chi connectivity index (χ3n) is 7.33. The first-order valence-corrected chi connectivity index (χ1v) is 12.3. The predicted octanol–water partition coefficient (Wildman–Crippen LogP) is 3.36. The van der Waals surface area contributed by atoms with E-state index >= 15 is 0 Å². The minimum atomic E-state index is 0.339. The van der Waals surface area contributed by atoms with Gasteiger partial charge in [0.15, 0.2) is 0 Å². The number of hydrogen-bond acceptors (Lipinski definition) is 5. The lowest BCUT2D eigenvalue weighted by molar-refractivity contribution is 0.175. The van der Waals surface area contributed by atoms with Gasteiger partial charge in [0.2, 0.25) is 0 Å². The van der Waals surface area contributed by atoms with Crippen LogP contribution in [0.4, 0.5) is 5.69 Å². The third-order valence-corrected chi connectivity index (χ3v) is 7.33. The molecule has 1 saturated carbocycles. The topological polar surface area (TPSA) is 79.9 Å². The Kier molecular flexibility index (Phi) is 6.46. The second-order valence-electron chi connectivity index (χ2n) is 9.60. The monoisotopic (exact) mass is 436 g/mol. The molecule has 3 aromatic rings. The van der Waals surface area contributed by atoms with E-state index in [0.29, 0.717) is 24.6 Å². The zero-order valence-corrected chi connectivity index (χ0v) is 19.1. The average Bonchev–Trinajstić information content (AvgIpc) is 3.46. The Balaban J connectivity index is 1.34. The first-order chi connectivity index (χ1) is 15.7. The maximum absolute atomic E-state index is 9.39. The van der Waals surface area contributed by atoms with E-state index in [9.17, 15) is 5.11 Å². The summed E-state index contributed by atoms with van der Waals surface area (Å²) in [6, 6.07) is 7.55. The van der Waals surface area contributed by atoms with Crippen molar-refractivity contribution in [2.45, 2.75) is 77.0 Å². The summed E-state index contributed by atoms with van der Waals surface area (Å²) in [5, 5.41) is 21.2. The summed E-state index contributed by atoms with van der Waals surface area (Å²) in [5.74, 6) is 1.65. The number of fused-ring (bicyclic) bond motifs is 3. The van der Waals surface area contributed by atoms with Gasteiger partial charge in [-0.3, -0.25) is 4.68 Å². The highest BCUT2D eigenvalue weighted by Gasteiger charge is 2.22. The smallest absolute Gasteiger partial charge is 0.111 e. The number of aliphatic hydroxyl groups excluding tert-OH is 1. The van der Waals surface area contributed by atoms with E-state index in [1.165, 1.54) is 35.1 Å². The summed E-state index contributed by atoms with van der Waals surface area (Å²) in [7, 11) is 0. The van der Waals surface area contributed by atoms with E-state index < -0.39 is 0 Å². The van der Waals surface area contributed by atoms with Crippen LogP contribution in [-0.2, 0) is 25.9 Å². The van der Waals surface area contributed by atoms with Gasteiger partial charge in [-0.2, -0.15) is 5.10 Å². The van der Waals surface area contributed by atoms with E-state index in [-0.39, 0.29) is 0 Å². The lowest BCUT2D eigenvalue weighted by Crippen LogP contribution is -2.36. The summed E-state index contributed by atoms with van der Waals surface area (Å²) in [6.45, 7) is 5.30. The Hall–Kier alpha value is -2.38. The van der Waals surface area contributed by atoms with E-state index in [2.05, 4.69) is 39.4 Å². The molecule has 7 heteroatoms. The van der Waals surface area contributed by atoms with E-state index in [4.69, 9.17) is 4.98 Å². The highest BCUT2D eigenvalue weighted by Crippen LogP contribution is 2.32. The van der Waals surface area contributed by atoms with Crippen LogP contribution in [0.3, 0.4) is 0 Å². The molecule has 0 spiro atoms. The van der Waals surface area contributed by atoms with Gasteiger partial charge in [0.25, 0.3) is 0 Å². The van der Waals surface area contributed by atoms with Crippen LogP contribution in [0.1, 0.15) is 50.4 Å². The number of imidazole rings is 1. The normalized spacial score (nSPS) is 23.2. The van der Waals surface area contributed by atoms with Crippen molar-refractivity contribution in [1.82, 2.24) is 24.6 Å². The minimum absolute atomic E-state index is 0.339. The van der Waals surface area contributed by atoms with Crippen molar-refractivity contribution in [3.8, 4) is 0 Å². The van der Waals surface area contributed by atoms with Crippen LogP contribution in [-0.4, -0.2) is 49.7 Å². The van der Waals surface area contributed by atoms with Crippen LogP contribution in [0.5, 0.6) is 0 Å². The molecule has 1 aromatic carbocycles. The second-order valence-corrected chi connectivity index (χ2v) is 9.60. The molecular formula is C25H36N6O. The third kappa shape index (κ3) is 4.55. The standard InChI is InChI=1S/C25H36N6O/c1-18-3-8-21-22(28-18)9-10-23-25(21)29-24(11-15-30-14-2-12-27-30)31(23)16-13-26-20-6-4-19(17-32)5-7-20/h2,9-10,12,14,18-20,26,28,32H,3-8,11,13,15-17H2,1H3/t18-,19?,20?/m0/s1. The molecule has 0 bridgehead atoms. The zero-order chi connectivity index (χ0) is 21.9. The molecule has 0 radical (unpaired) electrons. The maximum Gasteiger partial charge on any atom is 0.111 e. The number of aryl methyl sites for hydroxylation is 3. The van der Waals surface area contributed by atoms with Crippen molar-refractivity contribution < 1.29 is 5.11 Å². The quantitative estimate of drug-likeness (QED) is 0.505. The van der Waals surface area contributed by atoms with E-state index in [1.807, 2.05) is 23.1 Å². The molecule has 0 amide bonds. The molecular weight excluding hydrogens is 400 g/mol. The molecule has 1 fully saturated rings. The Morgan fingerprint density at radius 1 is 1.16 bits per heavy atom. The molecule has 1 aliphatic carbocycles. The van der Waals surface area contributed by atoms with Crippen molar-refractivity contribution in [2.75, 3.05) is 18.5 Å². The van der Waals surface area contributed by atoms with Gasteiger partial charge in [0.05, 0.1) is 11.0 Å². The first-order valence-electron chi connectivity index (χ1n) is 12.3. The lowest BCUT2D eigenvalue weighted by Gasteiger charge is -2.28. The van der Waals surface area contributed by atoms with Gasteiger partial charge in [0.1, 0.15) is 5.82 Å². The Morgan fingerprint density at radius 2 is 2.03 bits per heavy atom. The maximum atomic E-state index is 9.39. The number of anilines is 1. The zero-order valence-electron chi connectivity index (χ0n) is 19.1. The van der Waals surface area contributed by atoms with Gasteiger partial charge >= 0.3 is 0 Å². The molecule has 2 aromatic heterocycles. The highest BCUT2D eigenvalue weighted by molar-refractivity contribution is 5.86. The number of aliphatic hydroxyl groups is 1. The molecule has 0 saturated heterocycles. The summed E-state index contributed by atoms with van der Waals surface area (Å²) in [4.78, 5) is 5.16. The van der Waals surface area contributed by atoms with Crippen molar-refractivity contribution >= 4 is 16.7 Å². The number of hydrogen-bond donors (Lipinski definition) is 3. The van der Waals surface area contributed by atoms with Gasteiger partial charge in [-0.25, -0.2) is 4.98 Å². The lowest BCUT2D eigenvalue weighted by atomic mass is 9.86. The van der Waals surface area contributed by atoms with Crippen LogP contribution in [0.2, 0.25) is 0 Å². The highest BCUT2D eigenvalue weighted by atomic mass is 16.3. The predicted molar refractivity (Wildman–Crippen MR) is 128 cm³/mol. The van der Waals surface area contributed by atoms with Crippen molar-refractivity contribution in [1.29, 1.82) is 0 Å². The van der Waals surface area contributed by atoms with Crippen LogP contribution < -0.4 is 10.6 Å². The number of rotatable bonds is 8. The summed E-state index contributed by atoms with van der Waals surface area (Å²) in [6.07, 6.45) is 11.6. The first kappa shape index (κ1) is 21.5. The molecule has 172 valence electrons. The van der Waals surface area contributed by atoms with Gasteiger partial charge < -0.3 is 20.3 Å². The van der Waals surface area contributed by atoms with Gasteiger partial charge in [-0.1, -0.05) is 0 Å². The van der Waals surface area contributed by atoms with E-state index in [1.54, 1.807) is 0 Å². The van der Waals surface area contributed by atoms with Crippen molar-refractivity contribution in [2.24, 2.45) is 5.92 Å². The fourth-order valence-corrected chi connectivity index (χ4v) is 5.40. The molecule has 7 nitrogen and oxygen atoms in total. The molecule has 3 heterocycles. The number of aromatic nitrogens is 4. The Labute approximate surface area is 190 Å². The largest absolute Gasteiger partial charge is 0.396 e.